The highest BCUT2D eigenvalue weighted by Crippen LogP contribution is 2.23. The van der Waals surface area contributed by atoms with Crippen molar-refractivity contribution < 1.29 is 9.15 Å². The fourth-order valence-electron chi connectivity index (χ4n) is 0.722. The lowest BCUT2D eigenvalue weighted by Gasteiger charge is -2.19. The molecule has 56 valence electrons. The molecule has 0 radical (unpaired) electrons. The van der Waals surface area contributed by atoms with Crippen LogP contribution in [0.15, 0.2) is 22.8 Å². The average molecular weight is 140 g/mol. The van der Waals surface area contributed by atoms with Gasteiger partial charge >= 0.3 is 0 Å². The molecule has 0 N–H and O–H groups in total. The summed E-state index contributed by atoms with van der Waals surface area (Å²) in [4.78, 5) is 0. The van der Waals surface area contributed by atoms with Crippen LogP contribution >= 0.6 is 0 Å². The predicted octanol–water partition coefficient (Wildman–Crippen LogP) is 2.16. The Morgan fingerprint density at radius 1 is 1.50 bits per heavy atom. The van der Waals surface area contributed by atoms with Gasteiger partial charge < -0.3 is 9.15 Å². The lowest BCUT2D eigenvalue weighted by atomic mass is 10.1. The molecule has 0 atom stereocenters. The molecule has 0 fully saturated rings. The van der Waals surface area contributed by atoms with E-state index in [0.29, 0.717) is 0 Å². The third kappa shape index (κ3) is 1.21. The number of furan rings is 1. The van der Waals surface area contributed by atoms with E-state index in [1.165, 1.54) is 0 Å². The molecule has 2 nitrogen and oxygen atoms in total. The van der Waals surface area contributed by atoms with Crippen LogP contribution < -0.4 is 0 Å². The third-order valence-electron chi connectivity index (χ3n) is 1.62. The number of hydrogen-bond donors (Lipinski definition) is 0. The molecule has 0 aliphatic carbocycles. The van der Waals surface area contributed by atoms with Gasteiger partial charge in [-0.1, -0.05) is 0 Å². The maximum Gasteiger partial charge on any atom is 0.135 e. The van der Waals surface area contributed by atoms with Gasteiger partial charge in [0.1, 0.15) is 11.4 Å². The second kappa shape index (κ2) is 2.46. The average Bonchev–Trinajstić information content (AvgIpc) is 2.38. The Bertz CT molecular complexity index is 187. The summed E-state index contributed by atoms with van der Waals surface area (Å²) in [7, 11) is 1.67. The first-order valence-electron chi connectivity index (χ1n) is 3.26. The summed E-state index contributed by atoms with van der Waals surface area (Å²) in [6, 6.07) is 3.76. The van der Waals surface area contributed by atoms with Crippen LogP contribution in [0, 0.1) is 0 Å². The topological polar surface area (TPSA) is 22.4 Å². The van der Waals surface area contributed by atoms with Crippen molar-refractivity contribution in [2.75, 3.05) is 7.11 Å². The van der Waals surface area contributed by atoms with Gasteiger partial charge in [0.15, 0.2) is 0 Å². The fourth-order valence-corrected chi connectivity index (χ4v) is 0.722. The van der Waals surface area contributed by atoms with Gasteiger partial charge in [-0.25, -0.2) is 0 Å². The molecule has 1 rings (SSSR count). The molecule has 1 heterocycles. The van der Waals surface area contributed by atoms with Crippen molar-refractivity contribution in [3.8, 4) is 0 Å². The Hall–Kier alpha value is -0.760. The predicted molar refractivity (Wildman–Crippen MR) is 38.7 cm³/mol. The van der Waals surface area contributed by atoms with E-state index in [4.69, 9.17) is 9.15 Å². The molecular weight excluding hydrogens is 128 g/mol. The van der Waals surface area contributed by atoms with E-state index >= 15 is 0 Å². The van der Waals surface area contributed by atoms with Gasteiger partial charge in [-0.3, -0.25) is 0 Å². The van der Waals surface area contributed by atoms with Crippen molar-refractivity contribution in [2.24, 2.45) is 0 Å². The molecule has 0 spiro atoms. The van der Waals surface area contributed by atoms with Crippen molar-refractivity contribution in [3.63, 3.8) is 0 Å². The van der Waals surface area contributed by atoms with E-state index in [-0.39, 0.29) is 5.60 Å². The Morgan fingerprint density at radius 2 is 2.20 bits per heavy atom. The zero-order valence-corrected chi connectivity index (χ0v) is 6.55. The minimum atomic E-state index is -0.302. The minimum Gasteiger partial charge on any atom is -0.466 e. The maximum absolute atomic E-state index is 5.19. The number of methoxy groups -OCH3 is 1. The van der Waals surface area contributed by atoms with E-state index < -0.39 is 0 Å². The van der Waals surface area contributed by atoms with Crippen molar-refractivity contribution in [2.45, 2.75) is 19.4 Å². The summed E-state index contributed by atoms with van der Waals surface area (Å²) in [6.45, 7) is 3.93. The standard InChI is InChI=1S/C8H12O2/c1-8(2,9-3)7-5-4-6-10-7/h4-6H,1-3H3. The van der Waals surface area contributed by atoms with Crippen molar-refractivity contribution >= 4 is 0 Å². The first kappa shape index (κ1) is 7.35. The molecule has 1 aromatic heterocycles. The van der Waals surface area contributed by atoms with Crippen LogP contribution in [0.1, 0.15) is 19.6 Å². The summed E-state index contributed by atoms with van der Waals surface area (Å²) in [5, 5.41) is 0. The lowest BCUT2D eigenvalue weighted by Crippen LogP contribution is -2.18. The van der Waals surface area contributed by atoms with Gasteiger partial charge in [-0.05, 0) is 26.0 Å². The largest absolute Gasteiger partial charge is 0.466 e. The van der Waals surface area contributed by atoms with Crippen LogP contribution in [0.4, 0.5) is 0 Å². The van der Waals surface area contributed by atoms with Crippen molar-refractivity contribution in [1.82, 2.24) is 0 Å². The number of ether oxygens (including phenoxy) is 1. The van der Waals surface area contributed by atoms with E-state index in [1.54, 1.807) is 13.4 Å². The monoisotopic (exact) mass is 140 g/mol. The van der Waals surface area contributed by atoms with Crippen LogP contribution in [-0.4, -0.2) is 7.11 Å². The summed E-state index contributed by atoms with van der Waals surface area (Å²) in [6.07, 6.45) is 1.65. The maximum atomic E-state index is 5.19. The van der Waals surface area contributed by atoms with Crippen LogP contribution in [0.3, 0.4) is 0 Å². The molecular formula is C8H12O2. The highest BCUT2D eigenvalue weighted by molar-refractivity contribution is 5.06. The molecule has 0 aliphatic rings. The van der Waals surface area contributed by atoms with Gasteiger partial charge in [0.05, 0.1) is 6.26 Å². The SMILES string of the molecule is COC(C)(C)c1ccco1. The molecule has 0 amide bonds. The molecule has 1 aromatic rings. The second-order valence-corrected chi connectivity index (χ2v) is 2.69. The quantitative estimate of drug-likeness (QED) is 0.628. The van der Waals surface area contributed by atoms with E-state index in [0.717, 1.165) is 5.76 Å². The highest BCUT2D eigenvalue weighted by Gasteiger charge is 2.21. The zero-order valence-electron chi connectivity index (χ0n) is 6.55. The van der Waals surface area contributed by atoms with Gasteiger partial charge in [-0.2, -0.15) is 0 Å². The van der Waals surface area contributed by atoms with Crippen molar-refractivity contribution in [1.29, 1.82) is 0 Å². The summed E-state index contributed by atoms with van der Waals surface area (Å²) >= 11 is 0. The molecule has 0 aromatic carbocycles. The number of rotatable bonds is 2. The molecule has 2 heteroatoms. The Balaban J connectivity index is 2.85. The van der Waals surface area contributed by atoms with Crippen LogP contribution in [0.2, 0.25) is 0 Å². The van der Waals surface area contributed by atoms with Crippen LogP contribution in [0.5, 0.6) is 0 Å². The fraction of sp³-hybridized carbons (Fsp3) is 0.500. The molecule has 0 aliphatic heterocycles. The van der Waals surface area contributed by atoms with Gasteiger partial charge in [-0.15, -0.1) is 0 Å². The molecule has 0 saturated heterocycles. The summed E-state index contributed by atoms with van der Waals surface area (Å²) < 4.78 is 10.4. The van der Waals surface area contributed by atoms with Gasteiger partial charge in [0.2, 0.25) is 0 Å². The Morgan fingerprint density at radius 3 is 2.60 bits per heavy atom. The lowest BCUT2D eigenvalue weighted by molar-refractivity contribution is 0.000912. The van der Waals surface area contributed by atoms with E-state index in [2.05, 4.69) is 0 Å². The minimum absolute atomic E-state index is 0.302. The Labute approximate surface area is 60.8 Å². The van der Waals surface area contributed by atoms with Crippen LogP contribution in [-0.2, 0) is 10.3 Å². The molecule has 0 unspecified atom stereocenters. The first-order chi connectivity index (χ1) is 4.67. The normalized spacial score (nSPS) is 11.9. The van der Waals surface area contributed by atoms with Crippen LogP contribution in [0.25, 0.3) is 0 Å². The van der Waals surface area contributed by atoms with Gasteiger partial charge in [0, 0.05) is 7.11 Å². The zero-order chi connectivity index (χ0) is 7.61. The molecule has 0 bridgehead atoms. The van der Waals surface area contributed by atoms with Gasteiger partial charge in [0.25, 0.3) is 0 Å². The summed E-state index contributed by atoms with van der Waals surface area (Å²) in [5.41, 5.74) is -0.302. The van der Waals surface area contributed by atoms with Crippen molar-refractivity contribution in [3.05, 3.63) is 24.2 Å². The second-order valence-electron chi connectivity index (χ2n) is 2.69. The molecule has 0 saturated carbocycles. The van der Waals surface area contributed by atoms with E-state index in [9.17, 15) is 0 Å². The molecule has 10 heavy (non-hydrogen) atoms. The smallest absolute Gasteiger partial charge is 0.135 e. The third-order valence-corrected chi connectivity index (χ3v) is 1.62. The first-order valence-corrected chi connectivity index (χ1v) is 3.26. The highest BCUT2D eigenvalue weighted by atomic mass is 16.5. The van der Waals surface area contributed by atoms with E-state index in [1.807, 2.05) is 26.0 Å². The number of hydrogen-bond acceptors (Lipinski definition) is 2. The Kier molecular flexibility index (Phi) is 1.81. The summed E-state index contributed by atoms with van der Waals surface area (Å²) in [5.74, 6) is 0.856.